The Balaban J connectivity index is 1.57. The smallest absolute Gasteiger partial charge is 0.0706 e. The molecule has 2 unspecified atom stereocenters. The minimum absolute atomic E-state index is 0.120. The van der Waals surface area contributed by atoms with Gasteiger partial charge in [-0.05, 0) is 30.9 Å². The van der Waals surface area contributed by atoms with Gasteiger partial charge < -0.3 is 10.4 Å². The van der Waals surface area contributed by atoms with Gasteiger partial charge in [-0.25, -0.2) is 4.52 Å². The molecule has 0 saturated heterocycles. The summed E-state index contributed by atoms with van der Waals surface area (Å²) in [4.78, 5) is 0. The van der Waals surface area contributed by atoms with Crippen LogP contribution in [0.2, 0.25) is 0 Å². The molecule has 0 aromatic carbocycles. The fraction of sp³-hybridized carbons (Fsp3) is 0.533. The molecule has 0 spiro atoms. The van der Waals surface area contributed by atoms with Crippen molar-refractivity contribution in [1.82, 2.24) is 14.9 Å². The summed E-state index contributed by atoms with van der Waals surface area (Å²) in [6.45, 7) is 1.71. The number of nitrogens with one attached hydrogen (secondary N) is 1. The molecule has 2 aromatic rings. The Morgan fingerprint density at radius 3 is 3.11 bits per heavy atom. The number of fused-ring (bicyclic) bond motifs is 1. The molecule has 4 nitrogen and oxygen atoms in total. The van der Waals surface area contributed by atoms with Gasteiger partial charge in [-0.2, -0.15) is 5.10 Å². The minimum Gasteiger partial charge on any atom is -0.393 e. The molecule has 2 N–H and O–H groups in total. The Kier molecular flexibility index (Phi) is 3.80. The van der Waals surface area contributed by atoms with E-state index in [2.05, 4.69) is 16.5 Å². The molecular formula is C15H21N3O. The van der Waals surface area contributed by atoms with Gasteiger partial charge >= 0.3 is 0 Å². The summed E-state index contributed by atoms with van der Waals surface area (Å²) in [6.07, 6.45) is 8.28. The zero-order chi connectivity index (χ0) is 13.1. The standard InChI is InChI=1S/C15H21N3O/c19-15-7-2-1-5-12(15)9-16-10-13-11-17-18-8-4-3-6-14(13)18/h3-4,6,8,11-12,15-16,19H,1-2,5,7,9-10H2. The van der Waals surface area contributed by atoms with Crippen molar-refractivity contribution in [2.75, 3.05) is 6.54 Å². The highest BCUT2D eigenvalue weighted by Crippen LogP contribution is 2.23. The maximum absolute atomic E-state index is 9.94. The van der Waals surface area contributed by atoms with Gasteiger partial charge in [0.2, 0.25) is 0 Å². The first-order chi connectivity index (χ1) is 9.34. The molecule has 0 bridgehead atoms. The quantitative estimate of drug-likeness (QED) is 0.882. The molecule has 102 valence electrons. The third-order valence-corrected chi connectivity index (χ3v) is 4.10. The van der Waals surface area contributed by atoms with Gasteiger partial charge in [-0.15, -0.1) is 0 Å². The van der Waals surface area contributed by atoms with E-state index in [1.54, 1.807) is 0 Å². The van der Waals surface area contributed by atoms with Crippen molar-refractivity contribution in [3.8, 4) is 0 Å². The Labute approximate surface area is 113 Å². The number of aliphatic hydroxyl groups excluding tert-OH is 1. The third kappa shape index (κ3) is 2.80. The first-order valence-corrected chi connectivity index (χ1v) is 7.14. The second kappa shape index (κ2) is 5.72. The van der Waals surface area contributed by atoms with Crippen LogP contribution in [0.3, 0.4) is 0 Å². The Hall–Kier alpha value is -1.39. The highest BCUT2D eigenvalue weighted by atomic mass is 16.3. The van der Waals surface area contributed by atoms with Gasteiger partial charge in [0.15, 0.2) is 0 Å². The fourth-order valence-corrected chi connectivity index (χ4v) is 2.94. The number of aliphatic hydroxyl groups is 1. The van der Waals surface area contributed by atoms with E-state index in [4.69, 9.17) is 0 Å². The maximum atomic E-state index is 9.94. The molecule has 2 heterocycles. The lowest BCUT2D eigenvalue weighted by molar-refractivity contribution is 0.0695. The molecule has 1 aliphatic carbocycles. The molecule has 0 amide bonds. The van der Waals surface area contributed by atoms with E-state index in [1.165, 1.54) is 18.4 Å². The Morgan fingerprint density at radius 1 is 1.32 bits per heavy atom. The summed E-state index contributed by atoms with van der Waals surface area (Å²) >= 11 is 0. The van der Waals surface area contributed by atoms with Crippen LogP contribution >= 0.6 is 0 Å². The van der Waals surface area contributed by atoms with E-state index in [1.807, 2.05) is 29.0 Å². The van der Waals surface area contributed by atoms with E-state index in [0.29, 0.717) is 5.92 Å². The first-order valence-electron chi connectivity index (χ1n) is 7.14. The minimum atomic E-state index is -0.120. The molecular weight excluding hydrogens is 238 g/mol. The molecule has 2 atom stereocenters. The normalized spacial score (nSPS) is 23.8. The number of hydrogen-bond acceptors (Lipinski definition) is 3. The molecule has 1 fully saturated rings. The van der Waals surface area contributed by atoms with Gasteiger partial charge in [0.25, 0.3) is 0 Å². The molecule has 0 radical (unpaired) electrons. The van der Waals surface area contributed by atoms with Crippen LogP contribution in [0.1, 0.15) is 31.2 Å². The number of hydrogen-bond donors (Lipinski definition) is 2. The lowest BCUT2D eigenvalue weighted by Crippen LogP contribution is -2.33. The predicted molar refractivity (Wildman–Crippen MR) is 74.9 cm³/mol. The average Bonchev–Trinajstić information content (AvgIpc) is 2.85. The zero-order valence-electron chi connectivity index (χ0n) is 11.1. The van der Waals surface area contributed by atoms with E-state index >= 15 is 0 Å². The van der Waals surface area contributed by atoms with Crippen LogP contribution in [0.25, 0.3) is 5.52 Å². The number of aromatic nitrogens is 2. The monoisotopic (exact) mass is 259 g/mol. The van der Waals surface area contributed by atoms with Crippen LogP contribution < -0.4 is 5.32 Å². The topological polar surface area (TPSA) is 49.6 Å². The van der Waals surface area contributed by atoms with Gasteiger partial charge in [0.05, 0.1) is 17.8 Å². The van der Waals surface area contributed by atoms with Crippen LogP contribution in [-0.2, 0) is 6.54 Å². The highest BCUT2D eigenvalue weighted by molar-refractivity contribution is 5.53. The van der Waals surface area contributed by atoms with Crippen LogP contribution in [-0.4, -0.2) is 27.4 Å². The molecule has 1 aliphatic rings. The molecule has 2 aromatic heterocycles. The van der Waals surface area contributed by atoms with Crippen molar-refractivity contribution in [3.63, 3.8) is 0 Å². The van der Waals surface area contributed by atoms with Gasteiger partial charge in [-0.3, -0.25) is 0 Å². The van der Waals surface area contributed by atoms with Crippen molar-refractivity contribution in [1.29, 1.82) is 0 Å². The Morgan fingerprint density at radius 2 is 2.21 bits per heavy atom. The molecule has 1 saturated carbocycles. The third-order valence-electron chi connectivity index (χ3n) is 4.10. The van der Waals surface area contributed by atoms with Crippen molar-refractivity contribution >= 4 is 5.52 Å². The molecule has 4 heteroatoms. The van der Waals surface area contributed by atoms with E-state index < -0.39 is 0 Å². The van der Waals surface area contributed by atoms with Crippen LogP contribution in [0.15, 0.2) is 30.6 Å². The summed E-state index contributed by atoms with van der Waals surface area (Å²) in [7, 11) is 0. The van der Waals surface area contributed by atoms with E-state index in [0.717, 1.165) is 31.4 Å². The summed E-state index contributed by atoms with van der Waals surface area (Å²) in [5.41, 5.74) is 2.37. The van der Waals surface area contributed by atoms with Crippen molar-refractivity contribution in [3.05, 3.63) is 36.2 Å². The van der Waals surface area contributed by atoms with Crippen LogP contribution in [0, 0.1) is 5.92 Å². The summed E-state index contributed by atoms with van der Waals surface area (Å²) in [5, 5.41) is 17.7. The largest absolute Gasteiger partial charge is 0.393 e. The summed E-state index contributed by atoms with van der Waals surface area (Å²) in [6, 6.07) is 6.10. The second-order valence-corrected chi connectivity index (χ2v) is 5.44. The van der Waals surface area contributed by atoms with Gasteiger partial charge in [0.1, 0.15) is 0 Å². The zero-order valence-corrected chi connectivity index (χ0v) is 11.1. The summed E-state index contributed by atoms with van der Waals surface area (Å²) in [5.74, 6) is 0.413. The maximum Gasteiger partial charge on any atom is 0.0706 e. The highest BCUT2D eigenvalue weighted by Gasteiger charge is 2.22. The van der Waals surface area contributed by atoms with Crippen molar-refractivity contribution < 1.29 is 5.11 Å². The molecule has 3 rings (SSSR count). The van der Waals surface area contributed by atoms with E-state index in [-0.39, 0.29) is 6.10 Å². The first kappa shape index (κ1) is 12.6. The van der Waals surface area contributed by atoms with E-state index in [9.17, 15) is 5.11 Å². The fourth-order valence-electron chi connectivity index (χ4n) is 2.94. The SMILES string of the molecule is OC1CCCCC1CNCc1cnn2ccccc12. The number of pyridine rings is 1. The summed E-state index contributed by atoms with van der Waals surface area (Å²) < 4.78 is 1.90. The number of rotatable bonds is 4. The lowest BCUT2D eigenvalue weighted by Gasteiger charge is -2.27. The van der Waals surface area contributed by atoms with Crippen molar-refractivity contribution in [2.45, 2.75) is 38.3 Å². The number of nitrogens with zero attached hydrogens (tertiary/aromatic N) is 2. The average molecular weight is 259 g/mol. The van der Waals surface area contributed by atoms with Crippen LogP contribution in [0.4, 0.5) is 0 Å². The van der Waals surface area contributed by atoms with Crippen molar-refractivity contribution in [2.24, 2.45) is 5.92 Å². The van der Waals surface area contributed by atoms with Gasteiger partial charge in [-0.1, -0.05) is 18.9 Å². The predicted octanol–water partition coefficient (Wildman–Crippen LogP) is 1.97. The molecule has 0 aliphatic heterocycles. The van der Waals surface area contributed by atoms with Gasteiger partial charge in [0, 0.05) is 24.8 Å². The van der Waals surface area contributed by atoms with Crippen LogP contribution in [0.5, 0.6) is 0 Å². The Bertz CT molecular complexity index is 537. The second-order valence-electron chi connectivity index (χ2n) is 5.44. The lowest BCUT2D eigenvalue weighted by atomic mass is 9.86. The molecule has 19 heavy (non-hydrogen) atoms.